The third-order valence-electron chi connectivity index (χ3n) is 5.83. The van der Waals surface area contributed by atoms with Crippen molar-refractivity contribution >= 4 is 35.7 Å². The van der Waals surface area contributed by atoms with E-state index in [1.54, 1.807) is 0 Å². The first kappa shape index (κ1) is 23.1. The summed E-state index contributed by atoms with van der Waals surface area (Å²) in [7, 11) is -3.33. The summed E-state index contributed by atoms with van der Waals surface area (Å²) in [6.07, 6.45) is 0. The fourth-order valence-corrected chi connectivity index (χ4v) is 10.4. The van der Waals surface area contributed by atoms with E-state index in [4.69, 9.17) is 0 Å². The molecule has 0 unspecified atom stereocenters. The van der Waals surface area contributed by atoms with Crippen molar-refractivity contribution in [3.63, 3.8) is 0 Å². The molecular formula is C29H32P2+2. The second-order valence-corrected chi connectivity index (χ2v) is 14.8. The van der Waals surface area contributed by atoms with Gasteiger partial charge in [0, 0.05) is 0 Å². The number of hydrogen-bond donors (Lipinski definition) is 0. The lowest BCUT2D eigenvalue weighted by Crippen LogP contribution is -2.22. The van der Waals surface area contributed by atoms with Gasteiger partial charge in [0.05, 0.1) is 13.3 Å². The molecule has 0 aromatic heterocycles. The van der Waals surface area contributed by atoms with Crippen molar-refractivity contribution in [2.24, 2.45) is 0 Å². The van der Waals surface area contributed by atoms with Gasteiger partial charge in [-0.1, -0.05) is 80.2 Å². The van der Waals surface area contributed by atoms with Gasteiger partial charge in [0.15, 0.2) is 0 Å². The van der Waals surface area contributed by atoms with Gasteiger partial charge in [-0.15, -0.1) is 0 Å². The molecule has 0 aliphatic heterocycles. The molecule has 0 aliphatic rings. The van der Waals surface area contributed by atoms with Crippen LogP contribution in [0.25, 0.3) is 0 Å². The Labute approximate surface area is 189 Å². The standard InChI is InChI=1S/C28H28P2.CH4/c1-29(25-15-7-3-8-16-25,26-17-9-4-10-18-26)23-24-30(2,27-19-11-5-12-20-27)28-21-13-6-14-22-28;/h3-24H,1-2H3;1H4/q+2;/b24-23-;. The lowest BCUT2D eigenvalue weighted by molar-refractivity contribution is 1.73. The molecule has 0 saturated heterocycles. The van der Waals surface area contributed by atoms with Gasteiger partial charge in [0.25, 0.3) is 0 Å². The molecule has 0 heterocycles. The van der Waals surface area contributed by atoms with E-state index >= 15 is 0 Å². The minimum Gasteiger partial charge on any atom is -0.0776 e. The average molecular weight is 443 g/mol. The molecule has 2 heteroatoms. The minimum atomic E-state index is -1.66. The Hall–Kier alpha value is -2.52. The van der Waals surface area contributed by atoms with Crippen molar-refractivity contribution in [3.8, 4) is 0 Å². The second-order valence-electron chi connectivity index (χ2n) is 7.79. The molecule has 0 atom stereocenters. The van der Waals surface area contributed by atoms with Crippen LogP contribution in [0.15, 0.2) is 133 Å². The molecular weight excluding hydrogens is 410 g/mol. The summed E-state index contributed by atoms with van der Waals surface area (Å²) in [5, 5.41) is 5.67. The summed E-state index contributed by atoms with van der Waals surface area (Å²) in [6, 6.07) is 44.0. The van der Waals surface area contributed by atoms with E-state index < -0.39 is 14.5 Å². The SMILES string of the molecule is C.C[P+](/C=C\[P+](C)(c1ccccc1)c1ccccc1)(c1ccccc1)c1ccccc1. The van der Waals surface area contributed by atoms with Crippen molar-refractivity contribution in [2.75, 3.05) is 13.3 Å². The molecule has 0 bridgehead atoms. The van der Waals surface area contributed by atoms with Gasteiger partial charge >= 0.3 is 0 Å². The van der Waals surface area contributed by atoms with Gasteiger partial charge in [-0.2, -0.15) is 0 Å². The van der Waals surface area contributed by atoms with Gasteiger partial charge in [0.1, 0.15) is 47.4 Å². The lowest BCUT2D eigenvalue weighted by Gasteiger charge is -2.22. The van der Waals surface area contributed by atoms with Crippen LogP contribution >= 0.6 is 14.5 Å². The maximum atomic E-state index is 2.55. The van der Waals surface area contributed by atoms with E-state index in [2.05, 4.69) is 146 Å². The van der Waals surface area contributed by atoms with E-state index in [1.165, 1.54) is 21.2 Å². The van der Waals surface area contributed by atoms with Gasteiger partial charge in [-0.05, 0) is 48.5 Å². The predicted molar refractivity (Wildman–Crippen MR) is 146 cm³/mol. The Morgan fingerprint density at radius 2 is 0.581 bits per heavy atom. The Kier molecular flexibility index (Phi) is 7.61. The summed E-state index contributed by atoms with van der Waals surface area (Å²) in [5.74, 6) is 5.09. The van der Waals surface area contributed by atoms with Gasteiger partial charge < -0.3 is 0 Å². The van der Waals surface area contributed by atoms with Crippen molar-refractivity contribution in [1.29, 1.82) is 0 Å². The molecule has 0 aliphatic carbocycles. The van der Waals surface area contributed by atoms with Crippen LogP contribution < -0.4 is 21.2 Å². The fourth-order valence-electron chi connectivity index (χ4n) is 3.86. The van der Waals surface area contributed by atoms with Gasteiger partial charge in [-0.3, -0.25) is 0 Å². The molecule has 0 saturated carbocycles. The van der Waals surface area contributed by atoms with Crippen molar-refractivity contribution in [3.05, 3.63) is 133 Å². The Balaban J connectivity index is 0.00000272. The predicted octanol–water partition coefficient (Wildman–Crippen LogP) is 6.69. The van der Waals surface area contributed by atoms with Crippen LogP contribution in [0.2, 0.25) is 0 Å². The molecule has 4 aromatic rings. The molecule has 0 N–H and O–H groups in total. The monoisotopic (exact) mass is 442 g/mol. The van der Waals surface area contributed by atoms with E-state index in [-0.39, 0.29) is 7.43 Å². The van der Waals surface area contributed by atoms with E-state index in [1.807, 2.05) is 0 Å². The smallest absolute Gasteiger partial charge is 0.0776 e. The quantitative estimate of drug-likeness (QED) is 0.292. The largest absolute Gasteiger partial charge is 0.105 e. The zero-order valence-corrected chi connectivity index (χ0v) is 19.4. The summed E-state index contributed by atoms with van der Waals surface area (Å²) >= 11 is 0. The molecule has 4 aromatic carbocycles. The maximum absolute atomic E-state index is 2.55. The third kappa shape index (κ3) is 4.88. The first-order valence-electron chi connectivity index (χ1n) is 10.3. The maximum Gasteiger partial charge on any atom is 0.105 e. The second kappa shape index (κ2) is 10.2. The zero-order valence-electron chi connectivity index (χ0n) is 17.6. The van der Waals surface area contributed by atoms with E-state index in [0.29, 0.717) is 0 Å². The average Bonchev–Trinajstić information content (AvgIpc) is 2.84. The van der Waals surface area contributed by atoms with Crippen molar-refractivity contribution < 1.29 is 0 Å². The summed E-state index contributed by atoms with van der Waals surface area (Å²) in [5.41, 5.74) is 0. The highest BCUT2D eigenvalue weighted by molar-refractivity contribution is 7.94. The highest BCUT2D eigenvalue weighted by Gasteiger charge is 2.40. The first-order chi connectivity index (χ1) is 14.6. The Morgan fingerprint density at radius 3 is 0.774 bits per heavy atom. The number of benzene rings is 4. The molecule has 4 rings (SSSR count). The molecule has 0 spiro atoms. The number of hydrogen-bond acceptors (Lipinski definition) is 0. The van der Waals surface area contributed by atoms with Crippen LogP contribution in [0.5, 0.6) is 0 Å². The molecule has 0 radical (unpaired) electrons. The molecule has 0 nitrogen and oxygen atoms in total. The van der Waals surface area contributed by atoms with Crippen LogP contribution in [0, 0.1) is 0 Å². The van der Waals surface area contributed by atoms with Crippen LogP contribution in [-0.2, 0) is 0 Å². The molecule has 31 heavy (non-hydrogen) atoms. The Morgan fingerprint density at radius 1 is 0.387 bits per heavy atom. The van der Waals surface area contributed by atoms with Crippen LogP contribution in [0.1, 0.15) is 7.43 Å². The topological polar surface area (TPSA) is 0 Å². The summed E-state index contributed by atoms with van der Waals surface area (Å²) < 4.78 is 0. The van der Waals surface area contributed by atoms with Gasteiger partial charge in [-0.25, -0.2) is 0 Å². The minimum absolute atomic E-state index is 0. The fraction of sp³-hybridized carbons (Fsp3) is 0.103. The van der Waals surface area contributed by atoms with Crippen LogP contribution in [0.3, 0.4) is 0 Å². The lowest BCUT2D eigenvalue weighted by atomic mass is 10.4. The van der Waals surface area contributed by atoms with Crippen LogP contribution in [0.4, 0.5) is 0 Å². The van der Waals surface area contributed by atoms with Gasteiger partial charge in [0.2, 0.25) is 0 Å². The molecule has 0 amide bonds. The molecule has 0 fully saturated rings. The normalized spacial score (nSPS) is 11.8. The Bertz CT molecular complexity index is 919. The van der Waals surface area contributed by atoms with E-state index in [0.717, 1.165) is 0 Å². The third-order valence-corrected chi connectivity index (χ3v) is 13.0. The summed E-state index contributed by atoms with van der Waals surface area (Å²) in [4.78, 5) is 0. The number of rotatable bonds is 6. The molecule has 156 valence electrons. The van der Waals surface area contributed by atoms with Crippen molar-refractivity contribution in [2.45, 2.75) is 7.43 Å². The first-order valence-corrected chi connectivity index (χ1v) is 14.9. The highest BCUT2D eigenvalue weighted by atomic mass is 31.2. The van der Waals surface area contributed by atoms with Crippen molar-refractivity contribution in [1.82, 2.24) is 0 Å². The zero-order chi connectivity index (χ0) is 20.9. The van der Waals surface area contributed by atoms with Crippen LogP contribution in [-0.4, -0.2) is 13.3 Å². The highest BCUT2D eigenvalue weighted by Crippen LogP contribution is 2.61. The van der Waals surface area contributed by atoms with E-state index in [9.17, 15) is 0 Å². The summed E-state index contributed by atoms with van der Waals surface area (Å²) in [6.45, 7) is 4.88.